The van der Waals surface area contributed by atoms with Crippen LogP contribution in [0.2, 0.25) is 5.02 Å². The van der Waals surface area contributed by atoms with E-state index in [2.05, 4.69) is 0 Å². The van der Waals surface area contributed by atoms with Gasteiger partial charge in [0.15, 0.2) is 0 Å². The van der Waals surface area contributed by atoms with E-state index in [9.17, 15) is 4.79 Å². The molecule has 1 unspecified atom stereocenters. The molecule has 0 aliphatic carbocycles. The lowest BCUT2D eigenvalue weighted by molar-refractivity contribution is 0.0741. The lowest BCUT2D eigenvalue weighted by Gasteiger charge is -2.23. The van der Waals surface area contributed by atoms with Crippen LogP contribution >= 0.6 is 11.6 Å². The Kier molecular flexibility index (Phi) is 4.84. The number of carbonyl (C=O) groups is 1. The molecular formula is C18H19ClN2O2. The number of halogens is 1. The van der Waals surface area contributed by atoms with Gasteiger partial charge in [0.25, 0.3) is 5.91 Å². The maximum absolute atomic E-state index is 12.5. The molecule has 2 aromatic carbocycles. The van der Waals surface area contributed by atoms with E-state index in [1.807, 2.05) is 17.0 Å². The molecule has 1 atom stereocenters. The molecule has 1 fully saturated rings. The number of carbonyl (C=O) groups excluding carboxylic acids is 1. The first kappa shape index (κ1) is 15.8. The highest BCUT2D eigenvalue weighted by molar-refractivity contribution is 6.30. The minimum atomic E-state index is 0.0345. The third-order valence-electron chi connectivity index (χ3n) is 4.04. The van der Waals surface area contributed by atoms with E-state index in [0.717, 1.165) is 19.4 Å². The zero-order valence-corrected chi connectivity index (χ0v) is 13.5. The number of hydrogen-bond acceptors (Lipinski definition) is 3. The molecule has 3 rings (SSSR count). The summed E-state index contributed by atoms with van der Waals surface area (Å²) in [5, 5.41) is 0.621. The molecule has 23 heavy (non-hydrogen) atoms. The number of ether oxygens (including phenoxy) is 1. The fourth-order valence-corrected chi connectivity index (χ4v) is 3.03. The van der Waals surface area contributed by atoms with Gasteiger partial charge in [0.1, 0.15) is 11.5 Å². The van der Waals surface area contributed by atoms with Crippen molar-refractivity contribution in [1.29, 1.82) is 0 Å². The van der Waals surface area contributed by atoms with Gasteiger partial charge in [-0.1, -0.05) is 17.7 Å². The van der Waals surface area contributed by atoms with Gasteiger partial charge in [-0.2, -0.15) is 0 Å². The Morgan fingerprint density at radius 2 is 2.00 bits per heavy atom. The van der Waals surface area contributed by atoms with Crippen molar-refractivity contribution in [2.75, 3.05) is 13.1 Å². The van der Waals surface area contributed by atoms with Crippen LogP contribution in [0.4, 0.5) is 0 Å². The third kappa shape index (κ3) is 3.66. The summed E-state index contributed by atoms with van der Waals surface area (Å²) in [4.78, 5) is 14.4. The molecule has 0 aromatic heterocycles. The van der Waals surface area contributed by atoms with Gasteiger partial charge in [0.2, 0.25) is 0 Å². The predicted molar refractivity (Wildman–Crippen MR) is 91.1 cm³/mol. The summed E-state index contributed by atoms with van der Waals surface area (Å²) in [6, 6.07) is 14.5. The van der Waals surface area contributed by atoms with Crippen molar-refractivity contribution in [2.45, 2.75) is 18.9 Å². The molecule has 1 amide bonds. The van der Waals surface area contributed by atoms with Gasteiger partial charge in [-0.3, -0.25) is 4.79 Å². The molecule has 5 heteroatoms. The maximum atomic E-state index is 12.5. The Morgan fingerprint density at radius 3 is 2.70 bits per heavy atom. The molecule has 1 aliphatic rings. The van der Waals surface area contributed by atoms with Gasteiger partial charge in [0.05, 0.1) is 0 Å². The Bertz CT molecular complexity index is 688. The maximum Gasteiger partial charge on any atom is 0.254 e. The van der Waals surface area contributed by atoms with Crippen LogP contribution in [0.15, 0.2) is 48.5 Å². The van der Waals surface area contributed by atoms with Crippen molar-refractivity contribution in [3.63, 3.8) is 0 Å². The topological polar surface area (TPSA) is 55.6 Å². The van der Waals surface area contributed by atoms with E-state index in [0.29, 0.717) is 28.6 Å². The summed E-state index contributed by atoms with van der Waals surface area (Å²) < 4.78 is 5.73. The van der Waals surface area contributed by atoms with Crippen molar-refractivity contribution < 1.29 is 9.53 Å². The van der Waals surface area contributed by atoms with E-state index < -0.39 is 0 Å². The lowest BCUT2D eigenvalue weighted by Crippen LogP contribution is -2.39. The highest BCUT2D eigenvalue weighted by atomic mass is 35.5. The predicted octanol–water partition coefficient (Wildman–Crippen LogP) is 3.70. The molecule has 0 bridgehead atoms. The van der Waals surface area contributed by atoms with Crippen LogP contribution in [0.5, 0.6) is 11.5 Å². The summed E-state index contributed by atoms with van der Waals surface area (Å²) in [6.07, 6.45) is 2.00. The number of nitrogens with two attached hydrogens (primary N) is 1. The lowest BCUT2D eigenvalue weighted by atomic mass is 10.1. The van der Waals surface area contributed by atoms with Crippen molar-refractivity contribution in [2.24, 2.45) is 5.73 Å². The highest BCUT2D eigenvalue weighted by Crippen LogP contribution is 2.25. The molecule has 4 nitrogen and oxygen atoms in total. The van der Waals surface area contributed by atoms with Crippen LogP contribution in [-0.4, -0.2) is 29.9 Å². The van der Waals surface area contributed by atoms with Crippen molar-refractivity contribution in [1.82, 2.24) is 4.90 Å². The quantitative estimate of drug-likeness (QED) is 0.930. The van der Waals surface area contributed by atoms with Gasteiger partial charge in [0, 0.05) is 29.7 Å². The second-order valence-corrected chi connectivity index (χ2v) is 6.05. The summed E-state index contributed by atoms with van der Waals surface area (Å²) in [7, 11) is 0. The van der Waals surface area contributed by atoms with E-state index >= 15 is 0 Å². The number of amides is 1. The Labute approximate surface area is 140 Å². The molecule has 2 aromatic rings. The number of nitrogens with zero attached hydrogens (tertiary/aromatic N) is 1. The molecule has 0 radical (unpaired) electrons. The minimum absolute atomic E-state index is 0.0345. The van der Waals surface area contributed by atoms with Crippen molar-refractivity contribution >= 4 is 17.5 Å². The summed E-state index contributed by atoms with van der Waals surface area (Å²) in [5.41, 5.74) is 6.39. The Morgan fingerprint density at radius 1 is 1.22 bits per heavy atom. The van der Waals surface area contributed by atoms with Crippen LogP contribution in [-0.2, 0) is 0 Å². The van der Waals surface area contributed by atoms with Crippen molar-refractivity contribution in [3.8, 4) is 11.5 Å². The number of benzene rings is 2. The molecule has 1 saturated heterocycles. The van der Waals surface area contributed by atoms with Gasteiger partial charge in [-0.25, -0.2) is 0 Å². The van der Waals surface area contributed by atoms with E-state index in [1.165, 1.54) is 0 Å². The molecule has 0 spiro atoms. The van der Waals surface area contributed by atoms with Crippen LogP contribution < -0.4 is 10.5 Å². The van der Waals surface area contributed by atoms with E-state index in [-0.39, 0.29) is 11.9 Å². The Balaban J connectivity index is 1.70. The zero-order valence-electron chi connectivity index (χ0n) is 12.7. The molecule has 1 aliphatic heterocycles. The molecule has 2 N–H and O–H groups in total. The fraction of sp³-hybridized carbons (Fsp3) is 0.278. The van der Waals surface area contributed by atoms with E-state index in [1.54, 1.807) is 36.4 Å². The van der Waals surface area contributed by atoms with Crippen molar-refractivity contribution in [3.05, 3.63) is 59.1 Å². The molecule has 120 valence electrons. The second kappa shape index (κ2) is 7.02. The van der Waals surface area contributed by atoms with Crippen LogP contribution in [0.1, 0.15) is 23.2 Å². The number of likely N-dealkylation sites (tertiary alicyclic amines) is 1. The first-order valence-corrected chi connectivity index (χ1v) is 8.09. The van der Waals surface area contributed by atoms with Crippen LogP contribution in [0.3, 0.4) is 0 Å². The SMILES string of the molecule is NCC1CCCN1C(=O)c1ccc(Oc2cccc(Cl)c2)cc1. The average molecular weight is 331 g/mol. The third-order valence-corrected chi connectivity index (χ3v) is 4.28. The standard InChI is InChI=1S/C18H19ClN2O2/c19-14-3-1-5-17(11-14)23-16-8-6-13(7-9-16)18(22)21-10-2-4-15(21)12-20/h1,3,5-9,11,15H,2,4,10,12,20H2. The van der Waals surface area contributed by atoms with Gasteiger partial charge in [-0.15, -0.1) is 0 Å². The first-order valence-electron chi connectivity index (χ1n) is 7.72. The Hall–Kier alpha value is -2.04. The molecular weight excluding hydrogens is 312 g/mol. The molecule has 0 saturated carbocycles. The number of rotatable bonds is 4. The van der Waals surface area contributed by atoms with Gasteiger partial charge in [-0.05, 0) is 55.3 Å². The highest BCUT2D eigenvalue weighted by Gasteiger charge is 2.28. The zero-order chi connectivity index (χ0) is 16.2. The minimum Gasteiger partial charge on any atom is -0.457 e. The van der Waals surface area contributed by atoms with Crippen LogP contribution in [0.25, 0.3) is 0 Å². The monoisotopic (exact) mass is 330 g/mol. The van der Waals surface area contributed by atoms with Crippen LogP contribution in [0, 0.1) is 0 Å². The average Bonchev–Trinajstić information content (AvgIpc) is 3.03. The summed E-state index contributed by atoms with van der Waals surface area (Å²) in [5.74, 6) is 1.37. The second-order valence-electron chi connectivity index (χ2n) is 5.61. The van der Waals surface area contributed by atoms with E-state index in [4.69, 9.17) is 22.1 Å². The summed E-state index contributed by atoms with van der Waals surface area (Å²) in [6.45, 7) is 1.29. The number of hydrogen-bond donors (Lipinski definition) is 1. The normalized spacial score (nSPS) is 17.3. The summed E-state index contributed by atoms with van der Waals surface area (Å²) >= 11 is 5.94. The van der Waals surface area contributed by atoms with Gasteiger partial charge >= 0.3 is 0 Å². The molecule has 1 heterocycles. The smallest absolute Gasteiger partial charge is 0.254 e. The first-order chi connectivity index (χ1) is 11.2. The fourth-order valence-electron chi connectivity index (χ4n) is 2.85. The largest absolute Gasteiger partial charge is 0.457 e. The van der Waals surface area contributed by atoms with Gasteiger partial charge < -0.3 is 15.4 Å².